The standard InChI is InChI=1S/C22H30N4O2S/c1-6-25(7-2)16-8-9-18(15(5)10-16)23-20(27)11-17-13-29-22-24-19(14(3)4)12-21(28)26(17)22/h8-10,12,14,17H,6-7,11,13H2,1-5H3,(H,23,27). The van der Waals surface area contributed by atoms with Crippen LogP contribution in [-0.4, -0.2) is 34.3 Å². The quantitative estimate of drug-likeness (QED) is 0.688. The van der Waals surface area contributed by atoms with E-state index in [1.165, 1.54) is 0 Å². The Labute approximate surface area is 176 Å². The van der Waals surface area contributed by atoms with Crippen LogP contribution in [0.15, 0.2) is 34.2 Å². The Bertz CT molecular complexity index is 950. The van der Waals surface area contributed by atoms with Crippen LogP contribution in [0, 0.1) is 6.92 Å². The van der Waals surface area contributed by atoms with Gasteiger partial charge < -0.3 is 10.2 Å². The molecule has 0 fully saturated rings. The molecule has 1 aromatic carbocycles. The molecule has 156 valence electrons. The lowest BCUT2D eigenvalue weighted by Crippen LogP contribution is -2.28. The van der Waals surface area contributed by atoms with Crippen molar-refractivity contribution in [2.24, 2.45) is 0 Å². The molecule has 29 heavy (non-hydrogen) atoms. The van der Waals surface area contributed by atoms with Gasteiger partial charge in [-0.25, -0.2) is 4.98 Å². The number of rotatable bonds is 7. The van der Waals surface area contributed by atoms with Crippen LogP contribution in [0.4, 0.5) is 11.4 Å². The fourth-order valence-corrected chi connectivity index (χ4v) is 4.76. The van der Waals surface area contributed by atoms with E-state index < -0.39 is 0 Å². The maximum Gasteiger partial charge on any atom is 0.254 e. The molecule has 0 spiro atoms. The normalized spacial score (nSPS) is 15.4. The van der Waals surface area contributed by atoms with Gasteiger partial charge in [-0.1, -0.05) is 25.6 Å². The van der Waals surface area contributed by atoms with Crippen LogP contribution in [0.25, 0.3) is 0 Å². The lowest BCUT2D eigenvalue weighted by molar-refractivity contribution is -0.116. The van der Waals surface area contributed by atoms with E-state index in [1.54, 1.807) is 22.4 Å². The van der Waals surface area contributed by atoms with Crippen molar-refractivity contribution in [3.63, 3.8) is 0 Å². The molecule has 1 atom stereocenters. The van der Waals surface area contributed by atoms with Crippen LogP contribution >= 0.6 is 11.8 Å². The van der Waals surface area contributed by atoms with Gasteiger partial charge in [-0.05, 0) is 50.5 Å². The monoisotopic (exact) mass is 414 g/mol. The summed E-state index contributed by atoms with van der Waals surface area (Å²) in [4.78, 5) is 32.1. The van der Waals surface area contributed by atoms with E-state index in [0.29, 0.717) is 5.75 Å². The molecule has 7 heteroatoms. The fraction of sp³-hybridized carbons (Fsp3) is 0.500. The molecular weight excluding hydrogens is 384 g/mol. The number of fused-ring (bicyclic) bond motifs is 1. The maximum atomic E-state index is 12.7. The highest BCUT2D eigenvalue weighted by molar-refractivity contribution is 7.99. The molecule has 1 aliphatic heterocycles. The summed E-state index contributed by atoms with van der Waals surface area (Å²) in [5.74, 6) is 0.817. The van der Waals surface area contributed by atoms with Gasteiger partial charge in [0.05, 0.1) is 11.7 Å². The van der Waals surface area contributed by atoms with Crippen LogP contribution < -0.4 is 15.8 Å². The second kappa shape index (κ2) is 9.03. The molecule has 0 bridgehead atoms. The van der Waals surface area contributed by atoms with Crippen molar-refractivity contribution in [3.8, 4) is 0 Å². The van der Waals surface area contributed by atoms with Crippen LogP contribution in [-0.2, 0) is 4.79 Å². The summed E-state index contributed by atoms with van der Waals surface area (Å²) in [6.07, 6.45) is 0.264. The second-order valence-corrected chi connectivity index (χ2v) is 8.70. The average Bonchev–Trinajstić information content (AvgIpc) is 3.08. The van der Waals surface area contributed by atoms with Crippen LogP contribution in [0.2, 0.25) is 0 Å². The molecule has 0 saturated heterocycles. The van der Waals surface area contributed by atoms with E-state index >= 15 is 0 Å². The molecule has 0 saturated carbocycles. The number of nitrogens with one attached hydrogen (secondary N) is 1. The summed E-state index contributed by atoms with van der Waals surface area (Å²) in [6, 6.07) is 7.54. The highest BCUT2D eigenvalue weighted by Crippen LogP contribution is 2.33. The first-order valence-electron chi connectivity index (χ1n) is 10.3. The zero-order valence-corrected chi connectivity index (χ0v) is 18.7. The largest absolute Gasteiger partial charge is 0.372 e. The number of nitrogens with zero attached hydrogens (tertiary/aromatic N) is 3. The summed E-state index contributed by atoms with van der Waals surface area (Å²) in [7, 11) is 0. The van der Waals surface area contributed by atoms with Crippen molar-refractivity contribution in [2.45, 2.75) is 58.2 Å². The van der Waals surface area contributed by atoms with Crippen molar-refractivity contribution in [1.29, 1.82) is 0 Å². The minimum Gasteiger partial charge on any atom is -0.372 e. The Balaban J connectivity index is 1.71. The molecule has 1 aromatic heterocycles. The first-order chi connectivity index (χ1) is 13.8. The number of hydrogen-bond donors (Lipinski definition) is 1. The molecule has 1 amide bonds. The number of aryl methyl sites for hydroxylation is 1. The zero-order chi connectivity index (χ0) is 21.1. The first kappa shape index (κ1) is 21.4. The fourth-order valence-electron chi connectivity index (χ4n) is 3.60. The van der Waals surface area contributed by atoms with E-state index in [1.807, 2.05) is 32.9 Å². The van der Waals surface area contributed by atoms with Gasteiger partial charge in [0.25, 0.3) is 5.56 Å². The van der Waals surface area contributed by atoms with E-state index in [4.69, 9.17) is 0 Å². The van der Waals surface area contributed by atoms with Crippen LogP contribution in [0.5, 0.6) is 0 Å². The minimum atomic E-state index is -0.161. The van der Waals surface area contributed by atoms with Gasteiger partial charge >= 0.3 is 0 Å². The summed E-state index contributed by atoms with van der Waals surface area (Å²) in [5.41, 5.74) is 3.75. The van der Waals surface area contributed by atoms with E-state index in [-0.39, 0.29) is 29.8 Å². The van der Waals surface area contributed by atoms with Crippen molar-refractivity contribution in [2.75, 3.05) is 29.1 Å². The van der Waals surface area contributed by atoms with E-state index in [2.05, 4.69) is 35.1 Å². The first-order valence-corrected chi connectivity index (χ1v) is 11.2. The van der Waals surface area contributed by atoms with Crippen LogP contribution in [0.1, 0.15) is 57.3 Å². The minimum absolute atomic E-state index is 0.0683. The SMILES string of the molecule is CCN(CC)c1ccc(NC(=O)CC2CSc3nc(C(C)C)cc(=O)n32)c(C)c1. The Morgan fingerprint density at radius 3 is 2.66 bits per heavy atom. The van der Waals surface area contributed by atoms with Crippen molar-refractivity contribution in [1.82, 2.24) is 9.55 Å². The molecule has 0 aliphatic carbocycles. The zero-order valence-electron chi connectivity index (χ0n) is 17.9. The number of hydrogen-bond acceptors (Lipinski definition) is 5. The molecule has 1 unspecified atom stereocenters. The van der Waals surface area contributed by atoms with Crippen LogP contribution in [0.3, 0.4) is 0 Å². The van der Waals surface area contributed by atoms with Gasteiger partial charge in [-0.15, -0.1) is 0 Å². The van der Waals surface area contributed by atoms with Crippen molar-refractivity contribution in [3.05, 3.63) is 45.9 Å². The van der Waals surface area contributed by atoms with Crippen molar-refractivity contribution >= 4 is 29.0 Å². The van der Waals surface area contributed by atoms with Gasteiger partial charge in [0, 0.05) is 42.7 Å². The number of benzene rings is 1. The number of amides is 1. The third-order valence-corrected chi connectivity index (χ3v) is 6.43. The van der Waals surface area contributed by atoms with Crippen molar-refractivity contribution < 1.29 is 4.79 Å². The molecule has 2 heterocycles. The number of carbonyl (C=O) groups excluding carboxylic acids is 1. The van der Waals surface area contributed by atoms with E-state index in [0.717, 1.165) is 40.9 Å². The van der Waals surface area contributed by atoms with Gasteiger partial charge in [0.15, 0.2) is 5.16 Å². The molecule has 1 aliphatic rings. The molecular formula is C22H30N4O2S. The number of carbonyl (C=O) groups is 1. The highest BCUT2D eigenvalue weighted by atomic mass is 32.2. The topological polar surface area (TPSA) is 67.2 Å². The lowest BCUT2D eigenvalue weighted by atomic mass is 10.1. The summed E-state index contributed by atoms with van der Waals surface area (Å²) in [5, 5.41) is 3.74. The summed E-state index contributed by atoms with van der Waals surface area (Å²) < 4.78 is 1.67. The third kappa shape index (κ3) is 4.66. The predicted octanol–water partition coefficient (Wildman–Crippen LogP) is 4.20. The number of thioether (sulfide) groups is 1. The third-order valence-electron chi connectivity index (χ3n) is 5.33. The Morgan fingerprint density at radius 2 is 2.03 bits per heavy atom. The van der Waals surface area contributed by atoms with Gasteiger partial charge in [-0.3, -0.25) is 14.2 Å². The Hall–Kier alpha value is -2.28. The molecule has 6 nitrogen and oxygen atoms in total. The summed E-state index contributed by atoms with van der Waals surface area (Å²) in [6.45, 7) is 12.2. The Morgan fingerprint density at radius 1 is 1.31 bits per heavy atom. The predicted molar refractivity (Wildman–Crippen MR) is 120 cm³/mol. The molecule has 3 rings (SSSR count). The second-order valence-electron chi connectivity index (χ2n) is 7.72. The number of anilines is 2. The molecule has 1 N–H and O–H groups in total. The highest BCUT2D eigenvalue weighted by Gasteiger charge is 2.28. The maximum absolute atomic E-state index is 12.7. The molecule has 2 aromatic rings. The van der Waals surface area contributed by atoms with Gasteiger partial charge in [0.2, 0.25) is 5.91 Å². The molecule has 0 radical (unpaired) electrons. The average molecular weight is 415 g/mol. The lowest BCUT2D eigenvalue weighted by Gasteiger charge is -2.22. The van der Waals surface area contributed by atoms with Gasteiger partial charge in [0.1, 0.15) is 0 Å². The summed E-state index contributed by atoms with van der Waals surface area (Å²) >= 11 is 1.55. The van der Waals surface area contributed by atoms with Gasteiger partial charge in [-0.2, -0.15) is 0 Å². The Kier molecular flexibility index (Phi) is 6.67. The van der Waals surface area contributed by atoms with E-state index in [9.17, 15) is 9.59 Å². The number of aromatic nitrogens is 2. The smallest absolute Gasteiger partial charge is 0.254 e.